The Labute approximate surface area is 213 Å². The Morgan fingerprint density at radius 1 is 1.08 bits per heavy atom. The standard InChI is InChI=1S/C28H38N4O4/c1-19-11-14-32(35)20(2)25(19)26(33)31-17-22-15-30(16-23(22)18-31)13-12-24(21-9-7-6-8-10-21)29-27(34)36-28(3,4)5/h6-11,14,22-24H,12-13,15-18H2,1-5H3,(H,29,34)/t22?,23?,24-/m0/s1. The maximum Gasteiger partial charge on any atom is 0.408 e. The van der Waals surface area contributed by atoms with Gasteiger partial charge in [-0.05, 0) is 57.1 Å². The van der Waals surface area contributed by atoms with E-state index in [2.05, 4.69) is 10.2 Å². The normalized spacial score (nSPS) is 20.8. The van der Waals surface area contributed by atoms with Crippen LogP contribution in [0.5, 0.6) is 0 Å². The van der Waals surface area contributed by atoms with Gasteiger partial charge in [0.15, 0.2) is 6.20 Å². The summed E-state index contributed by atoms with van der Waals surface area (Å²) in [5, 5.41) is 15.1. The van der Waals surface area contributed by atoms with Crippen molar-refractivity contribution in [2.24, 2.45) is 11.8 Å². The monoisotopic (exact) mass is 494 g/mol. The zero-order chi connectivity index (χ0) is 26.0. The minimum Gasteiger partial charge on any atom is -0.618 e. The van der Waals surface area contributed by atoms with Gasteiger partial charge in [-0.2, -0.15) is 4.73 Å². The van der Waals surface area contributed by atoms with Gasteiger partial charge in [-0.15, -0.1) is 0 Å². The first-order valence-corrected chi connectivity index (χ1v) is 12.8. The number of rotatable bonds is 6. The Balaban J connectivity index is 1.34. The second-order valence-electron chi connectivity index (χ2n) is 11.2. The SMILES string of the molecule is Cc1cc[n+]([O-])c(C)c1C(=O)N1CC2CN(CC[C@H](NC(=O)OC(C)(C)C)c3ccccc3)CC2C1. The number of nitrogens with one attached hydrogen (secondary N) is 1. The second kappa shape index (κ2) is 10.5. The molecule has 0 radical (unpaired) electrons. The lowest BCUT2D eigenvalue weighted by Crippen LogP contribution is -2.39. The first-order valence-electron chi connectivity index (χ1n) is 12.8. The first kappa shape index (κ1) is 25.9. The van der Waals surface area contributed by atoms with E-state index in [1.807, 2.05) is 62.9 Å². The van der Waals surface area contributed by atoms with Crippen LogP contribution in [-0.4, -0.2) is 60.1 Å². The molecule has 1 aromatic carbocycles. The highest BCUT2D eigenvalue weighted by molar-refractivity contribution is 5.96. The van der Waals surface area contributed by atoms with Gasteiger partial charge in [-0.3, -0.25) is 4.79 Å². The number of alkyl carbamates (subject to hydrolysis) is 1. The van der Waals surface area contributed by atoms with E-state index in [1.165, 1.54) is 6.20 Å². The van der Waals surface area contributed by atoms with E-state index in [-0.39, 0.29) is 11.9 Å². The van der Waals surface area contributed by atoms with Gasteiger partial charge in [0.25, 0.3) is 5.91 Å². The van der Waals surface area contributed by atoms with E-state index in [0.717, 1.165) is 41.9 Å². The number of amides is 2. The van der Waals surface area contributed by atoms with E-state index in [4.69, 9.17) is 4.74 Å². The number of ether oxygens (including phenoxy) is 1. The molecule has 0 aliphatic carbocycles. The number of hydrogen-bond donors (Lipinski definition) is 1. The van der Waals surface area contributed by atoms with Gasteiger partial charge < -0.3 is 25.1 Å². The molecule has 2 saturated heterocycles. The number of likely N-dealkylation sites (tertiary alicyclic amines) is 2. The Morgan fingerprint density at radius 3 is 2.33 bits per heavy atom. The Bertz CT molecular complexity index is 1080. The zero-order valence-corrected chi connectivity index (χ0v) is 22.0. The van der Waals surface area contributed by atoms with Crippen LogP contribution in [-0.2, 0) is 4.74 Å². The van der Waals surface area contributed by atoms with Gasteiger partial charge in [0.1, 0.15) is 11.2 Å². The lowest BCUT2D eigenvalue weighted by molar-refractivity contribution is -0.612. The number of carbonyl (C=O) groups is 2. The minimum absolute atomic E-state index is 0.0400. The average molecular weight is 495 g/mol. The number of pyridine rings is 1. The summed E-state index contributed by atoms with van der Waals surface area (Å²) in [5.74, 6) is 0.806. The van der Waals surface area contributed by atoms with Crippen molar-refractivity contribution in [2.45, 2.75) is 52.7 Å². The molecule has 194 valence electrons. The molecule has 3 atom stereocenters. The van der Waals surface area contributed by atoms with Gasteiger partial charge in [0.05, 0.1) is 6.04 Å². The van der Waals surface area contributed by atoms with Gasteiger partial charge in [-0.1, -0.05) is 30.3 Å². The Hall–Kier alpha value is -3.13. The maximum absolute atomic E-state index is 13.2. The third kappa shape index (κ3) is 5.98. The van der Waals surface area contributed by atoms with Crippen molar-refractivity contribution >= 4 is 12.0 Å². The van der Waals surface area contributed by atoms with Crippen LogP contribution in [0.1, 0.15) is 60.4 Å². The fourth-order valence-corrected chi connectivity index (χ4v) is 5.46. The number of nitrogens with zero attached hydrogens (tertiary/aromatic N) is 3. The van der Waals surface area contributed by atoms with Crippen molar-refractivity contribution in [1.29, 1.82) is 0 Å². The highest BCUT2D eigenvalue weighted by Gasteiger charge is 2.42. The van der Waals surface area contributed by atoms with E-state index >= 15 is 0 Å². The van der Waals surface area contributed by atoms with E-state index in [9.17, 15) is 14.8 Å². The van der Waals surface area contributed by atoms with E-state index in [0.29, 0.717) is 36.2 Å². The largest absolute Gasteiger partial charge is 0.618 e. The molecule has 0 bridgehead atoms. The molecule has 0 saturated carbocycles. The molecule has 2 amide bonds. The smallest absolute Gasteiger partial charge is 0.408 e. The molecule has 3 heterocycles. The van der Waals surface area contributed by atoms with Crippen molar-refractivity contribution in [3.63, 3.8) is 0 Å². The Morgan fingerprint density at radius 2 is 1.72 bits per heavy atom. The summed E-state index contributed by atoms with van der Waals surface area (Å²) >= 11 is 0. The molecule has 2 unspecified atom stereocenters. The lowest BCUT2D eigenvalue weighted by atomic mass is 10.0. The van der Waals surface area contributed by atoms with Crippen molar-refractivity contribution < 1.29 is 19.1 Å². The van der Waals surface area contributed by atoms with Crippen LogP contribution in [0.15, 0.2) is 42.6 Å². The van der Waals surface area contributed by atoms with E-state index in [1.54, 1.807) is 13.0 Å². The molecule has 2 aliphatic heterocycles. The van der Waals surface area contributed by atoms with Gasteiger partial charge in [0, 0.05) is 45.7 Å². The molecule has 8 heteroatoms. The average Bonchev–Trinajstić information content (AvgIpc) is 3.38. The molecule has 2 fully saturated rings. The summed E-state index contributed by atoms with van der Waals surface area (Å²) in [6, 6.07) is 11.6. The number of benzene rings is 1. The molecule has 2 aliphatic rings. The van der Waals surface area contributed by atoms with Crippen molar-refractivity contribution in [2.75, 3.05) is 32.7 Å². The van der Waals surface area contributed by atoms with Crippen LogP contribution in [0.3, 0.4) is 0 Å². The summed E-state index contributed by atoms with van der Waals surface area (Å²) in [4.78, 5) is 30.1. The molecule has 2 aromatic rings. The first-order chi connectivity index (χ1) is 17.0. The molecule has 1 aromatic heterocycles. The highest BCUT2D eigenvalue weighted by Crippen LogP contribution is 2.33. The fourth-order valence-electron chi connectivity index (χ4n) is 5.46. The topological polar surface area (TPSA) is 88.8 Å². The fraction of sp³-hybridized carbons (Fsp3) is 0.536. The van der Waals surface area contributed by atoms with Crippen LogP contribution < -0.4 is 10.0 Å². The lowest BCUT2D eigenvalue weighted by Gasteiger charge is -2.26. The Kier molecular flexibility index (Phi) is 7.54. The predicted molar refractivity (Wildman–Crippen MR) is 137 cm³/mol. The molecule has 1 N–H and O–H groups in total. The summed E-state index contributed by atoms with van der Waals surface area (Å²) < 4.78 is 6.27. The van der Waals surface area contributed by atoms with Crippen molar-refractivity contribution in [3.05, 3.63) is 70.2 Å². The van der Waals surface area contributed by atoms with Gasteiger partial charge in [0.2, 0.25) is 5.69 Å². The maximum atomic E-state index is 13.2. The molecular formula is C28H38N4O4. The summed E-state index contributed by atoms with van der Waals surface area (Å²) in [6.45, 7) is 13.3. The molecule has 36 heavy (non-hydrogen) atoms. The summed E-state index contributed by atoms with van der Waals surface area (Å²) in [6.07, 6.45) is 1.82. The van der Waals surface area contributed by atoms with Gasteiger partial charge >= 0.3 is 6.09 Å². The predicted octanol–water partition coefficient (Wildman–Crippen LogP) is 3.60. The molecule has 8 nitrogen and oxygen atoms in total. The molecule has 0 spiro atoms. The van der Waals surface area contributed by atoms with Crippen LogP contribution in [0.4, 0.5) is 4.79 Å². The minimum atomic E-state index is -0.550. The zero-order valence-electron chi connectivity index (χ0n) is 22.0. The summed E-state index contributed by atoms with van der Waals surface area (Å²) in [7, 11) is 0. The van der Waals surface area contributed by atoms with Crippen LogP contribution >= 0.6 is 0 Å². The second-order valence-corrected chi connectivity index (χ2v) is 11.2. The quantitative estimate of drug-likeness (QED) is 0.490. The van der Waals surface area contributed by atoms with Crippen LogP contribution in [0.2, 0.25) is 0 Å². The number of carbonyl (C=O) groups excluding carboxylic acids is 2. The van der Waals surface area contributed by atoms with Gasteiger partial charge in [-0.25, -0.2) is 4.79 Å². The number of aromatic nitrogens is 1. The van der Waals surface area contributed by atoms with Crippen LogP contribution in [0.25, 0.3) is 0 Å². The summed E-state index contributed by atoms with van der Waals surface area (Å²) in [5.41, 5.74) is 2.34. The molecular weight excluding hydrogens is 456 g/mol. The third-order valence-corrected chi connectivity index (χ3v) is 7.24. The number of aryl methyl sites for hydroxylation is 1. The van der Waals surface area contributed by atoms with Crippen molar-refractivity contribution in [1.82, 2.24) is 15.1 Å². The highest BCUT2D eigenvalue weighted by atomic mass is 16.6. The van der Waals surface area contributed by atoms with Crippen LogP contribution in [0, 0.1) is 30.9 Å². The third-order valence-electron chi connectivity index (χ3n) is 7.24. The van der Waals surface area contributed by atoms with Crippen molar-refractivity contribution in [3.8, 4) is 0 Å². The number of hydrogen-bond acceptors (Lipinski definition) is 5. The molecule has 4 rings (SSSR count). The van der Waals surface area contributed by atoms with E-state index < -0.39 is 11.7 Å². The number of fused-ring (bicyclic) bond motifs is 1.